The molecular weight excluding hydrogens is 178 g/mol. The number of nitrogens with zero attached hydrogens (tertiary/aromatic N) is 1. The van der Waals surface area contributed by atoms with Crippen molar-refractivity contribution < 1.29 is 4.79 Å². The Labute approximate surface area is 86.6 Å². The van der Waals surface area contributed by atoms with Crippen molar-refractivity contribution >= 4 is 5.78 Å². The van der Waals surface area contributed by atoms with Crippen molar-refractivity contribution in [2.75, 3.05) is 6.54 Å². The molecule has 0 bridgehead atoms. The largest absolute Gasteiger partial charge is 0.327 e. The van der Waals surface area contributed by atoms with Gasteiger partial charge in [0.2, 0.25) is 0 Å². The molecule has 0 radical (unpaired) electrons. The first-order valence-electron chi connectivity index (χ1n) is 5.11. The van der Waals surface area contributed by atoms with Crippen LogP contribution in [-0.4, -0.2) is 35.5 Å². The number of nitrogens with two attached hydrogens (primary N) is 2. The van der Waals surface area contributed by atoms with Crippen LogP contribution in [0.25, 0.3) is 0 Å². The van der Waals surface area contributed by atoms with Crippen molar-refractivity contribution in [3.8, 4) is 0 Å². The Bertz CT molecular complexity index is 180. The molecule has 4 nitrogen and oxygen atoms in total. The molecule has 14 heavy (non-hydrogen) atoms. The average Bonchev–Trinajstić information content (AvgIpc) is 1.97. The molecule has 0 aromatic carbocycles. The van der Waals surface area contributed by atoms with Crippen LogP contribution in [0.2, 0.25) is 0 Å². The second kappa shape index (κ2) is 6.11. The molecule has 1 unspecified atom stereocenters. The van der Waals surface area contributed by atoms with Gasteiger partial charge in [-0.1, -0.05) is 0 Å². The highest BCUT2D eigenvalue weighted by molar-refractivity contribution is 5.76. The predicted molar refractivity (Wildman–Crippen MR) is 58.8 cm³/mol. The molecule has 0 aliphatic heterocycles. The van der Waals surface area contributed by atoms with Crippen molar-refractivity contribution in [2.24, 2.45) is 11.5 Å². The fourth-order valence-electron chi connectivity index (χ4n) is 1.61. The Morgan fingerprint density at radius 3 is 2.07 bits per heavy atom. The zero-order valence-corrected chi connectivity index (χ0v) is 9.66. The Hall–Kier alpha value is -0.450. The predicted octanol–water partition coefficient (Wildman–Crippen LogP) is 0.308. The van der Waals surface area contributed by atoms with E-state index in [-0.39, 0.29) is 24.0 Å². The Morgan fingerprint density at radius 2 is 1.79 bits per heavy atom. The highest BCUT2D eigenvalue weighted by Crippen LogP contribution is 2.07. The van der Waals surface area contributed by atoms with Crippen LogP contribution in [0.4, 0.5) is 0 Å². The summed E-state index contributed by atoms with van der Waals surface area (Å²) < 4.78 is 0. The van der Waals surface area contributed by atoms with E-state index < -0.39 is 0 Å². The molecule has 0 rings (SSSR count). The van der Waals surface area contributed by atoms with E-state index in [4.69, 9.17) is 11.5 Å². The van der Waals surface area contributed by atoms with Crippen LogP contribution in [0.3, 0.4) is 0 Å². The van der Waals surface area contributed by atoms with Gasteiger partial charge >= 0.3 is 0 Å². The molecule has 0 spiro atoms. The van der Waals surface area contributed by atoms with Crippen molar-refractivity contribution in [3.63, 3.8) is 0 Å². The van der Waals surface area contributed by atoms with Gasteiger partial charge in [0.1, 0.15) is 5.78 Å². The zero-order valence-electron chi connectivity index (χ0n) is 9.66. The van der Waals surface area contributed by atoms with E-state index in [2.05, 4.69) is 4.90 Å². The van der Waals surface area contributed by atoms with Gasteiger partial charge in [-0.15, -0.1) is 0 Å². The minimum absolute atomic E-state index is 0.0599. The summed E-state index contributed by atoms with van der Waals surface area (Å²) in [7, 11) is 0. The quantitative estimate of drug-likeness (QED) is 0.607. The number of carbonyl (C=O) groups excluding carboxylic acids is 1. The molecule has 3 atom stereocenters. The van der Waals surface area contributed by atoms with Gasteiger partial charge in [0, 0.05) is 25.0 Å². The van der Waals surface area contributed by atoms with E-state index in [1.807, 2.05) is 20.8 Å². The fraction of sp³-hybridized carbons (Fsp3) is 0.900. The molecule has 0 aromatic heterocycles. The lowest BCUT2D eigenvalue weighted by molar-refractivity contribution is -0.118. The molecule has 0 fully saturated rings. The van der Waals surface area contributed by atoms with Gasteiger partial charge in [0.15, 0.2) is 0 Å². The molecule has 84 valence electrons. The maximum atomic E-state index is 11.0. The lowest BCUT2D eigenvalue weighted by Crippen LogP contribution is -2.50. The molecule has 0 amide bonds. The third-order valence-corrected chi connectivity index (χ3v) is 2.17. The minimum Gasteiger partial charge on any atom is -0.327 e. The lowest BCUT2D eigenvalue weighted by Gasteiger charge is -2.33. The lowest BCUT2D eigenvalue weighted by atomic mass is 10.1. The number of rotatable bonds is 6. The van der Waals surface area contributed by atoms with E-state index >= 15 is 0 Å². The number of hydrogen-bond donors (Lipinski definition) is 2. The van der Waals surface area contributed by atoms with Gasteiger partial charge in [-0.3, -0.25) is 9.69 Å². The summed E-state index contributed by atoms with van der Waals surface area (Å²) in [5, 5.41) is 0. The molecule has 0 saturated heterocycles. The van der Waals surface area contributed by atoms with Crippen molar-refractivity contribution in [1.29, 1.82) is 0 Å². The van der Waals surface area contributed by atoms with E-state index in [1.165, 1.54) is 0 Å². The van der Waals surface area contributed by atoms with Gasteiger partial charge in [-0.2, -0.15) is 0 Å². The van der Waals surface area contributed by atoms with E-state index in [1.54, 1.807) is 6.92 Å². The summed E-state index contributed by atoms with van der Waals surface area (Å²) in [5.41, 5.74) is 11.5. The molecule has 0 aromatic rings. The number of Topliss-reactive ketones (excluding diaryl/α,β-unsaturated/α-hetero) is 1. The highest BCUT2D eigenvalue weighted by atomic mass is 16.1. The molecule has 0 aliphatic rings. The van der Waals surface area contributed by atoms with Crippen LogP contribution in [0, 0.1) is 0 Å². The first-order valence-corrected chi connectivity index (χ1v) is 5.11. The third-order valence-electron chi connectivity index (χ3n) is 2.17. The second-order valence-corrected chi connectivity index (χ2v) is 4.17. The molecule has 4 N–H and O–H groups in total. The Kier molecular flexibility index (Phi) is 5.92. The van der Waals surface area contributed by atoms with Crippen LogP contribution in [0.5, 0.6) is 0 Å². The van der Waals surface area contributed by atoms with Crippen LogP contribution in [-0.2, 0) is 4.79 Å². The van der Waals surface area contributed by atoms with E-state index in [9.17, 15) is 4.79 Å². The smallest absolute Gasteiger partial charge is 0.131 e. The van der Waals surface area contributed by atoms with Crippen LogP contribution in [0.1, 0.15) is 34.1 Å². The molecule has 0 aliphatic carbocycles. The van der Waals surface area contributed by atoms with Crippen LogP contribution >= 0.6 is 0 Å². The normalized spacial score (nSPS) is 17.9. The zero-order chi connectivity index (χ0) is 11.3. The first-order chi connectivity index (χ1) is 6.34. The van der Waals surface area contributed by atoms with Crippen LogP contribution in [0.15, 0.2) is 0 Å². The van der Waals surface area contributed by atoms with Crippen molar-refractivity contribution in [1.82, 2.24) is 4.90 Å². The maximum absolute atomic E-state index is 11.0. The van der Waals surface area contributed by atoms with Gasteiger partial charge in [0.05, 0.1) is 6.17 Å². The molecule has 4 heteroatoms. The summed E-state index contributed by atoms with van der Waals surface area (Å²) in [6.45, 7) is 8.19. The maximum Gasteiger partial charge on any atom is 0.131 e. The van der Waals surface area contributed by atoms with E-state index in [0.29, 0.717) is 6.42 Å². The standard InChI is InChI=1S/C10H23N3O/c1-7(11)6-13(10(4)12)8(2)5-9(3)14/h7-8,10H,5-6,11-12H2,1-4H3/t7-,8-,10?/m1/s1. The SMILES string of the molecule is CC(=O)C[C@@H](C)N(C[C@@H](C)N)C(C)N. The van der Waals surface area contributed by atoms with Gasteiger partial charge in [-0.05, 0) is 27.7 Å². The van der Waals surface area contributed by atoms with Crippen molar-refractivity contribution in [3.05, 3.63) is 0 Å². The Balaban J connectivity index is 4.25. The molecule has 0 saturated carbocycles. The minimum atomic E-state index is -0.0599. The topological polar surface area (TPSA) is 72.3 Å². The summed E-state index contributed by atoms with van der Waals surface area (Å²) in [6, 6.07) is 0.244. The highest BCUT2D eigenvalue weighted by Gasteiger charge is 2.19. The van der Waals surface area contributed by atoms with Gasteiger partial charge in [0.25, 0.3) is 0 Å². The fourth-order valence-corrected chi connectivity index (χ4v) is 1.61. The second-order valence-electron chi connectivity index (χ2n) is 4.17. The molecular formula is C10H23N3O. The summed E-state index contributed by atoms with van der Waals surface area (Å²) in [5.74, 6) is 0.188. The van der Waals surface area contributed by atoms with Crippen LogP contribution < -0.4 is 11.5 Å². The number of carbonyl (C=O) groups is 1. The number of ketones is 1. The monoisotopic (exact) mass is 201 g/mol. The van der Waals surface area contributed by atoms with Crippen molar-refractivity contribution in [2.45, 2.75) is 52.4 Å². The first kappa shape index (κ1) is 13.5. The molecule has 0 heterocycles. The van der Waals surface area contributed by atoms with E-state index in [0.717, 1.165) is 6.54 Å². The van der Waals surface area contributed by atoms with Gasteiger partial charge < -0.3 is 11.5 Å². The number of hydrogen-bond acceptors (Lipinski definition) is 4. The summed E-state index contributed by atoms with van der Waals surface area (Å²) in [4.78, 5) is 13.0. The van der Waals surface area contributed by atoms with Gasteiger partial charge in [-0.25, -0.2) is 0 Å². The third kappa shape index (κ3) is 5.32. The Morgan fingerprint density at radius 1 is 1.29 bits per heavy atom. The summed E-state index contributed by atoms with van der Waals surface area (Å²) >= 11 is 0. The average molecular weight is 201 g/mol. The summed E-state index contributed by atoms with van der Waals surface area (Å²) in [6.07, 6.45) is 0.476.